The molecule has 0 aliphatic carbocycles. The van der Waals surface area contributed by atoms with Crippen molar-refractivity contribution in [3.8, 4) is 0 Å². The first-order valence-electron chi connectivity index (χ1n) is 7.28. The van der Waals surface area contributed by atoms with Crippen LogP contribution in [0.5, 0.6) is 0 Å². The van der Waals surface area contributed by atoms with Crippen LogP contribution in [0, 0.1) is 0 Å². The number of para-hydroxylation sites is 2. The van der Waals surface area contributed by atoms with Crippen LogP contribution in [0.25, 0.3) is 11.0 Å². The van der Waals surface area contributed by atoms with Gasteiger partial charge >= 0.3 is 0 Å². The molecule has 2 aromatic rings. The summed E-state index contributed by atoms with van der Waals surface area (Å²) < 4.78 is 0.131. The summed E-state index contributed by atoms with van der Waals surface area (Å²) in [5.74, 6) is 1.61. The number of aromatic nitrogens is 2. The molecule has 2 rings (SSSR count). The van der Waals surface area contributed by atoms with E-state index in [1.165, 1.54) is 0 Å². The third kappa shape index (κ3) is 5.42. The molecule has 0 aliphatic heterocycles. The van der Waals surface area contributed by atoms with Crippen LogP contribution in [0.3, 0.4) is 0 Å². The Morgan fingerprint density at radius 3 is 2.81 bits per heavy atom. The number of imidazole rings is 1. The minimum absolute atomic E-state index is 0.111. The maximum Gasteiger partial charge on any atom is 0.230 e. The fraction of sp³-hybridized carbons (Fsp3) is 0.500. The van der Waals surface area contributed by atoms with Crippen LogP contribution in [0.2, 0.25) is 0 Å². The average Bonchev–Trinajstić information content (AvgIpc) is 2.83. The number of benzene rings is 1. The van der Waals surface area contributed by atoms with Crippen molar-refractivity contribution in [1.29, 1.82) is 0 Å². The van der Waals surface area contributed by atoms with E-state index in [1.54, 1.807) is 11.8 Å². The lowest BCUT2D eigenvalue weighted by molar-refractivity contribution is -0.118. The standard InChI is InChI=1S/C16H23N3OS/c1-16(2,3)21-11-15(20)17-10-6-9-14-18-12-7-4-5-8-13(12)19-14/h4-5,7-8H,6,9-11H2,1-3H3,(H,17,20)(H,18,19). The van der Waals surface area contributed by atoms with Gasteiger partial charge < -0.3 is 10.3 Å². The highest BCUT2D eigenvalue weighted by Gasteiger charge is 2.12. The van der Waals surface area contributed by atoms with Gasteiger partial charge in [0.25, 0.3) is 0 Å². The molecule has 1 heterocycles. The Hall–Kier alpha value is -1.49. The number of rotatable bonds is 6. The Morgan fingerprint density at radius 1 is 1.33 bits per heavy atom. The van der Waals surface area contributed by atoms with Crippen LogP contribution in [0.4, 0.5) is 0 Å². The number of nitrogens with one attached hydrogen (secondary N) is 2. The van der Waals surface area contributed by atoms with Crippen molar-refractivity contribution in [2.45, 2.75) is 38.4 Å². The number of aryl methyl sites for hydroxylation is 1. The van der Waals surface area contributed by atoms with Gasteiger partial charge in [-0.2, -0.15) is 0 Å². The van der Waals surface area contributed by atoms with E-state index >= 15 is 0 Å². The van der Waals surface area contributed by atoms with Crippen LogP contribution in [-0.2, 0) is 11.2 Å². The summed E-state index contributed by atoms with van der Waals surface area (Å²) in [5, 5.41) is 2.96. The molecule has 1 aromatic heterocycles. The van der Waals surface area contributed by atoms with Gasteiger partial charge in [0.2, 0.25) is 5.91 Å². The molecule has 5 heteroatoms. The predicted octanol–water partition coefficient (Wildman–Crippen LogP) is 3.14. The number of thioether (sulfide) groups is 1. The molecule has 0 fully saturated rings. The van der Waals surface area contributed by atoms with Crippen molar-refractivity contribution in [1.82, 2.24) is 15.3 Å². The second kappa shape index (κ2) is 6.98. The number of carbonyl (C=O) groups is 1. The van der Waals surface area contributed by atoms with Crippen molar-refractivity contribution in [2.24, 2.45) is 0 Å². The van der Waals surface area contributed by atoms with Crippen molar-refractivity contribution in [3.63, 3.8) is 0 Å². The van der Waals surface area contributed by atoms with Gasteiger partial charge in [0.15, 0.2) is 0 Å². The van der Waals surface area contributed by atoms with Crippen LogP contribution < -0.4 is 5.32 Å². The zero-order chi connectivity index (χ0) is 15.3. The van der Waals surface area contributed by atoms with Gasteiger partial charge in [-0.1, -0.05) is 32.9 Å². The molecule has 2 N–H and O–H groups in total. The first-order valence-corrected chi connectivity index (χ1v) is 8.27. The number of amides is 1. The Kier molecular flexibility index (Phi) is 5.28. The number of aromatic amines is 1. The third-order valence-electron chi connectivity index (χ3n) is 2.99. The van der Waals surface area contributed by atoms with Crippen LogP contribution >= 0.6 is 11.8 Å². The van der Waals surface area contributed by atoms with E-state index in [9.17, 15) is 4.79 Å². The second-order valence-corrected chi connectivity index (χ2v) is 7.86. The van der Waals surface area contributed by atoms with Crippen molar-refractivity contribution in [2.75, 3.05) is 12.3 Å². The van der Waals surface area contributed by atoms with Crippen LogP contribution in [0.15, 0.2) is 24.3 Å². The Balaban J connectivity index is 1.68. The number of carbonyl (C=O) groups excluding carboxylic acids is 1. The van der Waals surface area contributed by atoms with Gasteiger partial charge in [0.05, 0.1) is 16.8 Å². The number of nitrogens with zero attached hydrogens (tertiary/aromatic N) is 1. The fourth-order valence-corrected chi connectivity index (χ4v) is 2.61. The van der Waals surface area contributed by atoms with E-state index in [0.29, 0.717) is 12.3 Å². The van der Waals surface area contributed by atoms with Gasteiger partial charge in [-0.3, -0.25) is 4.79 Å². The van der Waals surface area contributed by atoms with Crippen molar-refractivity contribution < 1.29 is 4.79 Å². The number of hydrogen-bond donors (Lipinski definition) is 2. The highest BCUT2D eigenvalue weighted by molar-refractivity contribution is 8.01. The smallest absolute Gasteiger partial charge is 0.230 e. The molecule has 0 aliphatic rings. The maximum absolute atomic E-state index is 11.7. The van der Waals surface area contributed by atoms with E-state index in [-0.39, 0.29) is 10.7 Å². The zero-order valence-corrected chi connectivity index (χ0v) is 13.7. The number of fused-ring (bicyclic) bond motifs is 1. The summed E-state index contributed by atoms with van der Waals surface area (Å²) in [7, 11) is 0. The van der Waals surface area contributed by atoms with E-state index in [2.05, 4.69) is 36.1 Å². The largest absolute Gasteiger partial charge is 0.355 e. The van der Waals surface area contributed by atoms with Crippen LogP contribution in [0.1, 0.15) is 33.0 Å². The molecule has 0 unspecified atom stereocenters. The van der Waals surface area contributed by atoms with Crippen molar-refractivity contribution in [3.05, 3.63) is 30.1 Å². The molecule has 0 radical (unpaired) electrons. The molecule has 0 atom stereocenters. The molecule has 0 saturated carbocycles. The van der Waals surface area contributed by atoms with E-state index < -0.39 is 0 Å². The Bertz CT molecular complexity index is 568. The van der Waals surface area contributed by atoms with Gasteiger partial charge in [-0.25, -0.2) is 4.98 Å². The molecule has 1 aromatic carbocycles. The van der Waals surface area contributed by atoms with Gasteiger partial charge in [-0.15, -0.1) is 11.8 Å². The molecule has 0 bridgehead atoms. The number of H-pyrrole nitrogens is 1. The lowest BCUT2D eigenvalue weighted by atomic mass is 10.3. The summed E-state index contributed by atoms with van der Waals surface area (Å²) >= 11 is 1.67. The molecule has 1 amide bonds. The first-order chi connectivity index (χ1) is 9.94. The van der Waals surface area contributed by atoms with E-state index in [4.69, 9.17) is 0 Å². The minimum atomic E-state index is 0.111. The van der Waals surface area contributed by atoms with E-state index in [0.717, 1.165) is 29.7 Å². The van der Waals surface area contributed by atoms with Crippen LogP contribution in [-0.4, -0.2) is 32.9 Å². The van der Waals surface area contributed by atoms with Gasteiger partial charge in [0.1, 0.15) is 5.82 Å². The second-order valence-electron chi connectivity index (χ2n) is 6.06. The molecular weight excluding hydrogens is 282 g/mol. The lowest BCUT2D eigenvalue weighted by Gasteiger charge is -2.16. The van der Waals surface area contributed by atoms with Gasteiger partial charge in [-0.05, 0) is 18.6 Å². The summed E-state index contributed by atoms with van der Waals surface area (Å²) in [6, 6.07) is 8.01. The summed E-state index contributed by atoms with van der Waals surface area (Å²) in [6.45, 7) is 7.05. The van der Waals surface area contributed by atoms with E-state index in [1.807, 2.05) is 24.3 Å². The fourth-order valence-electron chi connectivity index (χ4n) is 1.94. The minimum Gasteiger partial charge on any atom is -0.355 e. The summed E-state index contributed by atoms with van der Waals surface area (Å²) in [4.78, 5) is 19.5. The third-order valence-corrected chi connectivity index (χ3v) is 4.26. The maximum atomic E-state index is 11.7. The molecule has 0 spiro atoms. The Labute approximate surface area is 130 Å². The monoisotopic (exact) mass is 305 g/mol. The highest BCUT2D eigenvalue weighted by atomic mass is 32.2. The first kappa shape index (κ1) is 15.9. The Morgan fingerprint density at radius 2 is 2.10 bits per heavy atom. The highest BCUT2D eigenvalue weighted by Crippen LogP contribution is 2.22. The number of hydrogen-bond acceptors (Lipinski definition) is 3. The van der Waals surface area contributed by atoms with Crippen molar-refractivity contribution >= 4 is 28.7 Å². The molecule has 114 valence electrons. The average molecular weight is 305 g/mol. The lowest BCUT2D eigenvalue weighted by Crippen LogP contribution is -2.28. The molecule has 21 heavy (non-hydrogen) atoms. The predicted molar refractivity (Wildman–Crippen MR) is 89.6 cm³/mol. The zero-order valence-electron chi connectivity index (χ0n) is 12.9. The topological polar surface area (TPSA) is 57.8 Å². The normalized spacial score (nSPS) is 11.8. The quantitative estimate of drug-likeness (QED) is 0.806. The summed E-state index contributed by atoms with van der Waals surface area (Å²) in [6.07, 6.45) is 1.74. The molecular formula is C16H23N3OS. The summed E-state index contributed by atoms with van der Waals surface area (Å²) in [5.41, 5.74) is 2.07. The molecule has 4 nitrogen and oxygen atoms in total. The van der Waals surface area contributed by atoms with Gasteiger partial charge in [0, 0.05) is 17.7 Å². The molecule has 0 saturated heterocycles. The SMILES string of the molecule is CC(C)(C)SCC(=O)NCCCc1nc2ccccc2[nH]1.